The summed E-state index contributed by atoms with van der Waals surface area (Å²) in [5, 5.41) is 7.83. The van der Waals surface area contributed by atoms with Gasteiger partial charge in [-0.2, -0.15) is 0 Å². The van der Waals surface area contributed by atoms with E-state index >= 15 is 0 Å². The number of benzene rings is 2. The van der Waals surface area contributed by atoms with Crippen LogP contribution in [-0.2, 0) is 10.0 Å². The summed E-state index contributed by atoms with van der Waals surface area (Å²) in [6.07, 6.45) is 2.81. The maximum atomic E-state index is 12.5. The maximum absolute atomic E-state index is 12.5. The van der Waals surface area contributed by atoms with E-state index in [0.717, 1.165) is 23.4 Å². The van der Waals surface area contributed by atoms with Crippen LogP contribution in [0.5, 0.6) is 0 Å². The highest BCUT2D eigenvalue weighted by atomic mass is 32.2. The average molecular weight is 457 g/mol. The van der Waals surface area contributed by atoms with Gasteiger partial charge in [-0.25, -0.2) is 8.42 Å². The Balaban J connectivity index is 0.000000352. The molecule has 0 radical (unpaired) electrons. The molecule has 1 heterocycles. The third-order valence-electron chi connectivity index (χ3n) is 5.03. The first kappa shape index (κ1) is 23.6. The van der Waals surface area contributed by atoms with E-state index in [1.807, 2.05) is 18.2 Å². The lowest BCUT2D eigenvalue weighted by molar-refractivity contribution is 0.0967. The van der Waals surface area contributed by atoms with Gasteiger partial charge in [-0.15, -0.1) is 10.2 Å². The molecule has 1 atom stereocenters. The van der Waals surface area contributed by atoms with E-state index < -0.39 is 16.1 Å². The van der Waals surface area contributed by atoms with Crippen molar-refractivity contribution >= 4 is 21.5 Å². The number of anilines is 1. The zero-order valence-corrected chi connectivity index (χ0v) is 19.5. The summed E-state index contributed by atoms with van der Waals surface area (Å²) in [6.45, 7) is 3.80. The molecule has 32 heavy (non-hydrogen) atoms. The Morgan fingerprint density at radius 1 is 1.16 bits per heavy atom. The summed E-state index contributed by atoms with van der Waals surface area (Å²) in [6, 6.07) is 14.7. The molecule has 170 valence electrons. The molecule has 0 spiro atoms. The molecule has 2 N–H and O–H groups in total. The first-order chi connectivity index (χ1) is 15.1. The van der Waals surface area contributed by atoms with E-state index in [1.54, 1.807) is 25.1 Å². The number of carbonyl (C=O) groups is 1. The largest absolute Gasteiger partial charge is 0.419 e. The minimum Gasteiger partial charge on any atom is -0.419 e. The number of nitrogens with zero attached hydrogens (tertiary/aromatic N) is 3. The fourth-order valence-corrected chi connectivity index (χ4v) is 3.39. The lowest BCUT2D eigenvalue weighted by Gasteiger charge is -2.18. The summed E-state index contributed by atoms with van der Waals surface area (Å²) in [5.41, 5.74) is 8.33. The molecule has 3 aromatic rings. The van der Waals surface area contributed by atoms with Crippen LogP contribution in [0.15, 0.2) is 52.9 Å². The van der Waals surface area contributed by atoms with Crippen molar-refractivity contribution in [1.29, 1.82) is 0 Å². The normalized spacial score (nSPS) is 14.3. The second kappa shape index (κ2) is 9.62. The fourth-order valence-electron chi connectivity index (χ4n) is 2.90. The number of nitrogens with two attached hydrogens (primary N) is 1. The highest BCUT2D eigenvalue weighted by molar-refractivity contribution is 7.92. The number of rotatable bonds is 6. The molecule has 0 saturated heterocycles. The van der Waals surface area contributed by atoms with Crippen molar-refractivity contribution in [2.75, 3.05) is 17.6 Å². The standard InChI is InChI=1S/C16H20N4O4S.C7H8/c1-9(17)15-18-19-16(24-15)12-6-11(14(21)10-4-5-10)7-13(8-12)20(2)25(3,22)23;1-7-5-3-2-4-6-7/h6-10H,4-5,17H2,1-3H3;2-6H,1H3/t9-;/m0./s1. The topological polar surface area (TPSA) is 119 Å². The van der Waals surface area contributed by atoms with Gasteiger partial charge >= 0.3 is 0 Å². The Morgan fingerprint density at radius 2 is 1.81 bits per heavy atom. The van der Waals surface area contributed by atoms with Gasteiger partial charge in [0, 0.05) is 24.1 Å². The number of Topliss-reactive ketones (excluding diaryl/α,β-unsaturated/α-hetero) is 1. The van der Waals surface area contributed by atoms with Crippen molar-refractivity contribution in [2.45, 2.75) is 32.7 Å². The molecular weight excluding hydrogens is 428 g/mol. The van der Waals surface area contributed by atoms with Gasteiger partial charge in [0.15, 0.2) is 5.78 Å². The van der Waals surface area contributed by atoms with Crippen molar-refractivity contribution in [3.05, 3.63) is 65.5 Å². The lowest BCUT2D eigenvalue weighted by atomic mass is 10.0. The third-order valence-corrected chi connectivity index (χ3v) is 6.23. The predicted molar refractivity (Wildman–Crippen MR) is 124 cm³/mol. The summed E-state index contributed by atoms with van der Waals surface area (Å²) in [7, 11) is -2.04. The average Bonchev–Trinajstić information content (AvgIpc) is 3.48. The first-order valence-electron chi connectivity index (χ1n) is 10.3. The van der Waals surface area contributed by atoms with Crippen LogP contribution in [0.4, 0.5) is 5.69 Å². The Hall–Kier alpha value is -3.04. The van der Waals surface area contributed by atoms with E-state index in [4.69, 9.17) is 10.2 Å². The number of hydrogen-bond donors (Lipinski definition) is 1. The van der Waals surface area contributed by atoms with Gasteiger partial charge in [-0.05, 0) is 44.9 Å². The van der Waals surface area contributed by atoms with Crippen molar-refractivity contribution in [3.8, 4) is 11.5 Å². The Bertz CT molecular complexity index is 1190. The molecule has 0 aliphatic heterocycles. The van der Waals surface area contributed by atoms with E-state index in [2.05, 4.69) is 29.3 Å². The van der Waals surface area contributed by atoms with Gasteiger partial charge in [-0.3, -0.25) is 9.10 Å². The molecule has 8 nitrogen and oxygen atoms in total. The SMILES string of the molecule is C[C@H](N)c1nnc(-c2cc(C(=O)C3CC3)cc(N(C)S(C)(=O)=O)c2)o1.Cc1ccccc1. The third kappa shape index (κ3) is 6.02. The van der Waals surface area contributed by atoms with Gasteiger partial charge in [0.25, 0.3) is 0 Å². The van der Waals surface area contributed by atoms with Crippen molar-refractivity contribution < 1.29 is 17.6 Å². The van der Waals surface area contributed by atoms with Gasteiger partial charge < -0.3 is 10.2 Å². The number of aromatic nitrogens is 2. The minimum atomic E-state index is -3.47. The highest BCUT2D eigenvalue weighted by Gasteiger charge is 2.31. The van der Waals surface area contributed by atoms with Gasteiger partial charge in [0.05, 0.1) is 18.0 Å². The zero-order chi connectivity index (χ0) is 23.5. The molecular formula is C23H28N4O4S. The molecule has 0 bridgehead atoms. The molecule has 2 aromatic carbocycles. The second-order valence-corrected chi connectivity index (χ2v) is 10.0. The molecule has 1 aromatic heterocycles. The van der Waals surface area contributed by atoms with E-state index in [-0.39, 0.29) is 23.5 Å². The number of aryl methyl sites for hydroxylation is 1. The van der Waals surface area contributed by atoms with Crippen LogP contribution < -0.4 is 10.0 Å². The Labute approximate surface area is 188 Å². The van der Waals surface area contributed by atoms with E-state index in [1.165, 1.54) is 12.6 Å². The summed E-state index contributed by atoms with van der Waals surface area (Å²) < 4.78 is 30.4. The molecule has 1 aliphatic rings. The van der Waals surface area contributed by atoms with Crippen molar-refractivity contribution in [3.63, 3.8) is 0 Å². The second-order valence-electron chi connectivity index (χ2n) is 8.03. The van der Waals surface area contributed by atoms with Crippen LogP contribution in [-0.4, -0.2) is 37.7 Å². The minimum absolute atomic E-state index is 0.00284. The Kier molecular flexibility index (Phi) is 7.10. The van der Waals surface area contributed by atoms with Crippen LogP contribution >= 0.6 is 0 Å². The fraction of sp³-hybridized carbons (Fsp3) is 0.348. The predicted octanol–water partition coefficient (Wildman–Crippen LogP) is 3.74. The summed E-state index contributed by atoms with van der Waals surface area (Å²) in [5.74, 6) is 0.471. The Morgan fingerprint density at radius 3 is 2.28 bits per heavy atom. The van der Waals surface area contributed by atoms with E-state index in [0.29, 0.717) is 16.8 Å². The van der Waals surface area contributed by atoms with Crippen LogP contribution in [0.2, 0.25) is 0 Å². The van der Waals surface area contributed by atoms with E-state index in [9.17, 15) is 13.2 Å². The first-order valence-corrected chi connectivity index (χ1v) is 12.2. The van der Waals surface area contributed by atoms with Gasteiger partial charge in [0.1, 0.15) is 0 Å². The van der Waals surface area contributed by atoms with Gasteiger partial charge in [0.2, 0.25) is 21.8 Å². The zero-order valence-electron chi connectivity index (χ0n) is 18.6. The smallest absolute Gasteiger partial charge is 0.247 e. The number of hydrogen-bond acceptors (Lipinski definition) is 7. The maximum Gasteiger partial charge on any atom is 0.247 e. The lowest BCUT2D eigenvalue weighted by Crippen LogP contribution is -2.25. The summed E-state index contributed by atoms with van der Waals surface area (Å²) >= 11 is 0. The molecule has 4 rings (SSSR count). The van der Waals surface area contributed by atoms with Crippen LogP contribution in [0.25, 0.3) is 11.5 Å². The molecule has 0 amide bonds. The van der Waals surface area contributed by atoms with Crippen molar-refractivity contribution in [1.82, 2.24) is 10.2 Å². The molecule has 1 saturated carbocycles. The van der Waals surface area contributed by atoms with Crippen LogP contribution in [0, 0.1) is 12.8 Å². The van der Waals surface area contributed by atoms with Crippen LogP contribution in [0.3, 0.4) is 0 Å². The molecule has 1 aliphatic carbocycles. The summed E-state index contributed by atoms with van der Waals surface area (Å²) in [4.78, 5) is 12.5. The quantitative estimate of drug-likeness (QED) is 0.561. The molecule has 9 heteroatoms. The van der Waals surface area contributed by atoms with Gasteiger partial charge in [-0.1, -0.05) is 35.9 Å². The number of sulfonamides is 1. The highest BCUT2D eigenvalue weighted by Crippen LogP contribution is 2.35. The molecule has 1 fully saturated rings. The molecule has 0 unspecified atom stereocenters. The number of ketones is 1. The monoisotopic (exact) mass is 456 g/mol. The van der Waals surface area contributed by atoms with Crippen LogP contribution in [0.1, 0.15) is 47.6 Å². The number of carbonyl (C=O) groups excluding carboxylic acids is 1. The van der Waals surface area contributed by atoms with Crippen molar-refractivity contribution in [2.24, 2.45) is 11.7 Å².